The molecule has 2 rings (SSSR count). The van der Waals surface area contributed by atoms with E-state index in [-0.39, 0.29) is 28.2 Å². The van der Waals surface area contributed by atoms with Crippen molar-refractivity contribution in [3.8, 4) is 17.2 Å². The molecule has 0 aromatic heterocycles. The summed E-state index contributed by atoms with van der Waals surface area (Å²) in [7, 11) is 0. The Morgan fingerprint density at radius 3 is 2.48 bits per heavy atom. The maximum Gasteiger partial charge on any atom is 0.267 e. The van der Waals surface area contributed by atoms with Gasteiger partial charge in [-0.25, -0.2) is 8.78 Å². The van der Waals surface area contributed by atoms with Gasteiger partial charge < -0.3 is 9.47 Å². The third kappa shape index (κ3) is 5.57. The van der Waals surface area contributed by atoms with E-state index in [1.54, 1.807) is 24.3 Å². The summed E-state index contributed by atoms with van der Waals surface area (Å²) < 4.78 is 37.1. The topological polar surface area (TPSA) is 18.5 Å². The van der Waals surface area contributed by atoms with Crippen LogP contribution in [-0.2, 0) is 0 Å². The second-order valence-corrected chi connectivity index (χ2v) is 5.81. The minimum Gasteiger partial charge on any atom is -0.489 e. The van der Waals surface area contributed by atoms with Gasteiger partial charge in [-0.15, -0.1) is 0 Å². The van der Waals surface area contributed by atoms with E-state index in [4.69, 9.17) is 44.3 Å². The molecule has 0 aliphatic carbocycles. The number of rotatable bonds is 6. The molecular formula is C16H11Cl3F2O2. The van der Waals surface area contributed by atoms with Crippen LogP contribution in [0.5, 0.6) is 17.2 Å². The second-order valence-electron chi connectivity index (χ2n) is 4.36. The number of ether oxygens (including phenoxy) is 2. The molecule has 0 bridgehead atoms. The molecule has 2 aromatic rings. The van der Waals surface area contributed by atoms with Gasteiger partial charge in [0.2, 0.25) is 0 Å². The number of alkyl halides is 2. The number of hydrogen-bond acceptors (Lipinski definition) is 2. The van der Waals surface area contributed by atoms with Crippen molar-refractivity contribution >= 4 is 34.8 Å². The van der Waals surface area contributed by atoms with Crippen molar-refractivity contribution in [2.24, 2.45) is 0 Å². The van der Waals surface area contributed by atoms with Crippen LogP contribution in [0.25, 0.3) is 0 Å². The molecule has 0 aliphatic rings. The molecule has 0 saturated carbocycles. The minimum absolute atomic E-state index is 0.00417. The van der Waals surface area contributed by atoms with E-state index in [1.807, 2.05) is 0 Å². The Morgan fingerprint density at radius 2 is 1.83 bits per heavy atom. The first kappa shape index (κ1) is 17.9. The van der Waals surface area contributed by atoms with Gasteiger partial charge in [0, 0.05) is 5.02 Å². The molecule has 0 saturated heterocycles. The van der Waals surface area contributed by atoms with Crippen molar-refractivity contribution in [3.05, 3.63) is 63.6 Å². The lowest BCUT2D eigenvalue weighted by atomic mass is 10.2. The molecule has 0 spiro atoms. The van der Waals surface area contributed by atoms with Crippen molar-refractivity contribution in [1.29, 1.82) is 0 Å². The molecule has 0 unspecified atom stereocenters. The maximum atomic E-state index is 13.2. The Bertz CT molecular complexity index is 701. The molecule has 0 heterocycles. The van der Waals surface area contributed by atoms with Gasteiger partial charge in [-0.05, 0) is 42.5 Å². The average Bonchev–Trinajstić information content (AvgIpc) is 2.48. The third-order valence-electron chi connectivity index (χ3n) is 2.72. The predicted octanol–water partition coefficient (Wildman–Crippen LogP) is 6.77. The number of benzene rings is 2. The highest BCUT2D eigenvalue weighted by Gasteiger charge is 2.16. The van der Waals surface area contributed by atoms with Crippen molar-refractivity contribution in [3.63, 3.8) is 0 Å². The van der Waals surface area contributed by atoms with Crippen molar-refractivity contribution in [2.45, 2.75) is 6.43 Å². The van der Waals surface area contributed by atoms with Gasteiger partial charge in [0.25, 0.3) is 6.43 Å². The molecule has 0 amide bonds. The normalized spacial score (nSPS) is 10.5. The quantitative estimate of drug-likeness (QED) is 0.551. The van der Waals surface area contributed by atoms with E-state index in [2.05, 4.69) is 0 Å². The van der Waals surface area contributed by atoms with Crippen LogP contribution in [0.1, 0.15) is 12.0 Å². The summed E-state index contributed by atoms with van der Waals surface area (Å²) in [5.74, 6) is 0.730. The zero-order valence-corrected chi connectivity index (χ0v) is 13.9. The molecule has 122 valence electrons. The highest BCUT2D eigenvalue weighted by atomic mass is 35.5. The average molecular weight is 380 g/mol. The fraction of sp³-hybridized carbons (Fsp3) is 0.125. The minimum atomic E-state index is -2.72. The smallest absolute Gasteiger partial charge is 0.267 e. The number of hydrogen-bond donors (Lipinski definition) is 0. The van der Waals surface area contributed by atoms with Crippen molar-refractivity contribution < 1.29 is 18.3 Å². The third-order valence-corrected chi connectivity index (χ3v) is 3.27. The van der Waals surface area contributed by atoms with Crippen LogP contribution >= 0.6 is 34.8 Å². The number of halogens is 5. The summed E-state index contributed by atoms with van der Waals surface area (Å²) in [5.41, 5.74) is -0.288. The lowest BCUT2D eigenvalue weighted by Crippen LogP contribution is -1.99. The molecular weight excluding hydrogens is 369 g/mol. The predicted molar refractivity (Wildman–Crippen MR) is 88.2 cm³/mol. The van der Waals surface area contributed by atoms with E-state index in [1.165, 1.54) is 24.3 Å². The fourth-order valence-corrected chi connectivity index (χ4v) is 2.06. The molecule has 0 N–H and O–H groups in total. The standard InChI is InChI=1S/C16H11Cl3F2O2/c17-10-2-1-3-11(8-10)23-12-4-5-14(13(9-12)16(20)21)22-7-6-15(18)19/h1-6,8-9,16H,7H2. The van der Waals surface area contributed by atoms with E-state index >= 15 is 0 Å². The van der Waals surface area contributed by atoms with E-state index in [9.17, 15) is 8.78 Å². The van der Waals surface area contributed by atoms with Gasteiger partial charge >= 0.3 is 0 Å². The molecule has 23 heavy (non-hydrogen) atoms. The fourth-order valence-electron chi connectivity index (χ4n) is 1.75. The van der Waals surface area contributed by atoms with Crippen LogP contribution in [0, 0.1) is 0 Å². The second kappa shape index (κ2) is 8.39. The van der Waals surface area contributed by atoms with Gasteiger partial charge in [-0.1, -0.05) is 40.9 Å². The molecule has 0 atom stereocenters. The summed E-state index contributed by atoms with van der Waals surface area (Å²) in [6.45, 7) is -0.0173. The van der Waals surface area contributed by atoms with E-state index in [0.29, 0.717) is 10.8 Å². The van der Waals surface area contributed by atoms with Crippen LogP contribution < -0.4 is 9.47 Å². The van der Waals surface area contributed by atoms with Crippen LogP contribution in [0.3, 0.4) is 0 Å². The molecule has 2 aromatic carbocycles. The Kier molecular flexibility index (Phi) is 6.51. The van der Waals surface area contributed by atoms with Gasteiger partial charge in [0.05, 0.1) is 5.56 Å². The maximum absolute atomic E-state index is 13.2. The van der Waals surface area contributed by atoms with Crippen molar-refractivity contribution in [1.82, 2.24) is 0 Å². The van der Waals surface area contributed by atoms with Crippen LogP contribution in [-0.4, -0.2) is 6.61 Å². The summed E-state index contributed by atoms with van der Waals surface area (Å²) >= 11 is 16.7. The molecule has 0 aliphatic heterocycles. The Labute approximate surface area is 147 Å². The van der Waals surface area contributed by atoms with Gasteiger partial charge in [-0.2, -0.15) is 0 Å². The van der Waals surface area contributed by atoms with Gasteiger partial charge in [0.1, 0.15) is 28.3 Å². The zero-order chi connectivity index (χ0) is 16.8. The van der Waals surface area contributed by atoms with Crippen LogP contribution in [0.2, 0.25) is 5.02 Å². The Morgan fingerprint density at radius 1 is 1.09 bits per heavy atom. The zero-order valence-electron chi connectivity index (χ0n) is 11.6. The monoisotopic (exact) mass is 378 g/mol. The first-order valence-corrected chi connectivity index (χ1v) is 7.58. The molecule has 2 nitrogen and oxygen atoms in total. The largest absolute Gasteiger partial charge is 0.489 e. The van der Waals surface area contributed by atoms with E-state index < -0.39 is 6.43 Å². The highest BCUT2D eigenvalue weighted by Crippen LogP contribution is 2.34. The summed E-state index contributed by atoms with van der Waals surface area (Å²) in [6, 6.07) is 10.8. The van der Waals surface area contributed by atoms with Crippen LogP contribution in [0.4, 0.5) is 8.78 Å². The lowest BCUT2D eigenvalue weighted by molar-refractivity contribution is 0.146. The SMILES string of the molecule is FC(F)c1cc(Oc2cccc(Cl)c2)ccc1OCC=C(Cl)Cl. The Hall–Kier alpha value is -1.49. The molecule has 7 heteroatoms. The lowest BCUT2D eigenvalue weighted by Gasteiger charge is -2.12. The van der Waals surface area contributed by atoms with Crippen molar-refractivity contribution in [2.75, 3.05) is 6.61 Å². The van der Waals surface area contributed by atoms with Gasteiger partial charge in [0.15, 0.2) is 0 Å². The van der Waals surface area contributed by atoms with Gasteiger partial charge in [-0.3, -0.25) is 0 Å². The highest BCUT2D eigenvalue weighted by molar-refractivity contribution is 6.55. The van der Waals surface area contributed by atoms with Crippen LogP contribution in [0.15, 0.2) is 53.0 Å². The summed E-state index contributed by atoms with van der Waals surface area (Å²) in [5, 5.41) is 0.487. The summed E-state index contributed by atoms with van der Waals surface area (Å²) in [4.78, 5) is 0. The molecule has 0 radical (unpaired) electrons. The first-order valence-electron chi connectivity index (χ1n) is 6.45. The first-order chi connectivity index (χ1) is 11.0. The summed E-state index contributed by atoms with van der Waals surface area (Å²) in [6.07, 6.45) is -1.36. The Balaban J connectivity index is 2.19. The van der Waals surface area contributed by atoms with E-state index in [0.717, 1.165) is 0 Å². The molecule has 0 fully saturated rings.